The van der Waals surface area contributed by atoms with Crippen molar-refractivity contribution in [2.75, 3.05) is 11.9 Å². The topological polar surface area (TPSA) is 38.3 Å². The van der Waals surface area contributed by atoms with Crippen LogP contribution in [0.5, 0.6) is 5.75 Å². The van der Waals surface area contributed by atoms with Gasteiger partial charge in [-0.3, -0.25) is 4.79 Å². The van der Waals surface area contributed by atoms with Crippen LogP contribution in [0.3, 0.4) is 0 Å². The number of anilines is 1. The summed E-state index contributed by atoms with van der Waals surface area (Å²) in [5, 5.41) is 2.88. The van der Waals surface area contributed by atoms with Crippen molar-refractivity contribution in [3.05, 3.63) is 23.8 Å². The predicted octanol–water partition coefficient (Wildman–Crippen LogP) is 2.71. The summed E-state index contributed by atoms with van der Waals surface area (Å²) in [6.07, 6.45) is 0.984. The first-order chi connectivity index (χ1) is 7.55. The van der Waals surface area contributed by atoms with Gasteiger partial charge < -0.3 is 10.1 Å². The van der Waals surface area contributed by atoms with Gasteiger partial charge >= 0.3 is 0 Å². The first-order valence-corrected chi connectivity index (χ1v) is 5.64. The second-order valence-corrected chi connectivity index (χ2v) is 4.63. The van der Waals surface area contributed by atoms with Crippen molar-refractivity contribution in [2.24, 2.45) is 0 Å². The molecule has 0 radical (unpaired) electrons. The molecule has 0 aliphatic carbocycles. The highest BCUT2D eigenvalue weighted by Crippen LogP contribution is 2.39. The maximum absolute atomic E-state index is 11.7. The van der Waals surface area contributed by atoms with Crippen LogP contribution in [0.1, 0.15) is 32.8 Å². The van der Waals surface area contributed by atoms with Gasteiger partial charge in [-0.15, -0.1) is 0 Å². The van der Waals surface area contributed by atoms with E-state index in [1.807, 2.05) is 32.0 Å². The van der Waals surface area contributed by atoms with Crippen molar-refractivity contribution < 1.29 is 9.53 Å². The molecule has 3 nitrogen and oxygen atoms in total. The largest absolute Gasteiger partial charge is 0.494 e. The number of carbonyl (C=O) groups is 1. The molecule has 0 spiro atoms. The van der Waals surface area contributed by atoms with E-state index in [1.54, 1.807) is 0 Å². The van der Waals surface area contributed by atoms with Gasteiger partial charge in [-0.05, 0) is 44.0 Å². The lowest BCUT2D eigenvalue weighted by molar-refractivity contribution is -0.119. The van der Waals surface area contributed by atoms with E-state index in [2.05, 4.69) is 12.2 Å². The van der Waals surface area contributed by atoms with Crippen LogP contribution in [0.15, 0.2) is 18.2 Å². The highest BCUT2D eigenvalue weighted by Gasteiger charge is 2.38. The SMILES string of the molecule is CCCOc1ccc2c(c1)C(C)(C)C(=O)N2. The van der Waals surface area contributed by atoms with Gasteiger partial charge in [-0.25, -0.2) is 0 Å². The zero-order valence-electron chi connectivity index (χ0n) is 9.96. The standard InChI is InChI=1S/C13H17NO2/c1-4-7-16-9-5-6-11-10(8-9)13(2,3)12(15)14-11/h5-6,8H,4,7H2,1-3H3,(H,14,15). The van der Waals surface area contributed by atoms with Gasteiger partial charge in [0.15, 0.2) is 0 Å². The third kappa shape index (κ3) is 1.66. The molecule has 1 amide bonds. The van der Waals surface area contributed by atoms with Crippen molar-refractivity contribution >= 4 is 11.6 Å². The van der Waals surface area contributed by atoms with Crippen molar-refractivity contribution in [3.8, 4) is 5.75 Å². The molecule has 0 saturated carbocycles. The lowest BCUT2D eigenvalue weighted by Gasteiger charge is -2.15. The number of ether oxygens (including phenoxy) is 1. The molecule has 1 aliphatic rings. The van der Waals surface area contributed by atoms with Crippen LogP contribution in [0.25, 0.3) is 0 Å². The van der Waals surface area contributed by atoms with E-state index >= 15 is 0 Å². The van der Waals surface area contributed by atoms with Crippen LogP contribution in [-0.2, 0) is 10.2 Å². The van der Waals surface area contributed by atoms with E-state index in [-0.39, 0.29) is 5.91 Å². The lowest BCUT2D eigenvalue weighted by atomic mass is 9.86. The monoisotopic (exact) mass is 219 g/mol. The van der Waals surface area contributed by atoms with Crippen LogP contribution in [0.4, 0.5) is 5.69 Å². The molecule has 2 rings (SSSR count). The lowest BCUT2D eigenvalue weighted by Crippen LogP contribution is -2.26. The van der Waals surface area contributed by atoms with Crippen molar-refractivity contribution in [3.63, 3.8) is 0 Å². The van der Waals surface area contributed by atoms with Gasteiger partial charge in [-0.1, -0.05) is 6.92 Å². The summed E-state index contributed by atoms with van der Waals surface area (Å²) in [5.41, 5.74) is 1.46. The van der Waals surface area contributed by atoms with Gasteiger partial charge in [0.25, 0.3) is 0 Å². The van der Waals surface area contributed by atoms with E-state index in [0.29, 0.717) is 6.61 Å². The molecule has 1 N–H and O–H groups in total. The molecule has 3 heteroatoms. The molecular weight excluding hydrogens is 202 g/mol. The van der Waals surface area contributed by atoms with Gasteiger partial charge in [-0.2, -0.15) is 0 Å². The van der Waals surface area contributed by atoms with Crippen LogP contribution in [-0.4, -0.2) is 12.5 Å². The molecule has 1 aromatic rings. The van der Waals surface area contributed by atoms with E-state index in [1.165, 1.54) is 0 Å². The minimum absolute atomic E-state index is 0.0511. The Labute approximate surface area is 95.8 Å². The Hall–Kier alpha value is -1.51. The van der Waals surface area contributed by atoms with Crippen LogP contribution >= 0.6 is 0 Å². The first kappa shape index (κ1) is 11.0. The van der Waals surface area contributed by atoms with Crippen LogP contribution in [0, 0.1) is 0 Å². The van der Waals surface area contributed by atoms with Crippen LogP contribution in [0.2, 0.25) is 0 Å². The Morgan fingerprint density at radius 1 is 1.38 bits per heavy atom. The summed E-state index contributed by atoms with van der Waals surface area (Å²) in [6.45, 7) is 6.64. The fraction of sp³-hybridized carbons (Fsp3) is 0.462. The fourth-order valence-electron chi connectivity index (χ4n) is 1.86. The van der Waals surface area contributed by atoms with Crippen molar-refractivity contribution in [2.45, 2.75) is 32.6 Å². The minimum Gasteiger partial charge on any atom is -0.494 e. The molecule has 0 bridgehead atoms. The van der Waals surface area contributed by atoms with Gasteiger partial charge in [0.1, 0.15) is 5.75 Å². The first-order valence-electron chi connectivity index (χ1n) is 5.64. The van der Waals surface area contributed by atoms with E-state index in [0.717, 1.165) is 23.4 Å². The zero-order valence-corrected chi connectivity index (χ0v) is 9.96. The quantitative estimate of drug-likeness (QED) is 0.848. The summed E-state index contributed by atoms with van der Waals surface area (Å²) in [4.78, 5) is 11.7. The molecule has 0 fully saturated rings. The second kappa shape index (κ2) is 3.81. The Kier molecular flexibility index (Phi) is 2.62. The molecule has 1 heterocycles. The molecule has 1 aromatic carbocycles. The zero-order chi connectivity index (χ0) is 11.8. The number of amides is 1. The smallest absolute Gasteiger partial charge is 0.234 e. The number of nitrogens with one attached hydrogen (secondary N) is 1. The Morgan fingerprint density at radius 3 is 2.81 bits per heavy atom. The molecule has 0 saturated heterocycles. The molecule has 0 atom stereocenters. The van der Waals surface area contributed by atoms with Crippen molar-refractivity contribution in [1.82, 2.24) is 0 Å². The molecule has 1 aliphatic heterocycles. The van der Waals surface area contributed by atoms with E-state index < -0.39 is 5.41 Å². The highest BCUT2D eigenvalue weighted by molar-refractivity contribution is 6.05. The molecule has 86 valence electrons. The third-order valence-electron chi connectivity index (χ3n) is 2.95. The molecule has 0 unspecified atom stereocenters. The summed E-state index contributed by atoms with van der Waals surface area (Å²) in [6, 6.07) is 5.77. The van der Waals surface area contributed by atoms with Crippen molar-refractivity contribution in [1.29, 1.82) is 0 Å². The normalized spacial score (nSPS) is 16.8. The number of hydrogen-bond acceptors (Lipinski definition) is 2. The summed E-state index contributed by atoms with van der Waals surface area (Å²) in [7, 11) is 0. The average molecular weight is 219 g/mol. The van der Waals surface area contributed by atoms with Crippen LogP contribution < -0.4 is 10.1 Å². The maximum Gasteiger partial charge on any atom is 0.234 e. The third-order valence-corrected chi connectivity index (χ3v) is 2.95. The summed E-state index contributed by atoms with van der Waals surface area (Å²) >= 11 is 0. The van der Waals surface area contributed by atoms with Gasteiger partial charge in [0.05, 0.1) is 12.0 Å². The Morgan fingerprint density at radius 2 is 2.12 bits per heavy atom. The summed E-state index contributed by atoms with van der Waals surface area (Å²) in [5.74, 6) is 0.889. The highest BCUT2D eigenvalue weighted by atomic mass is 16.5. The van der Waals surface area contributed by atoms with Gasteiger partial charge in [0, 0.05) is 5.69 Å². The number of carbonyl (C=O) groups excluding carboxylic acids is 1. The average Bonchev–Trinajstić information content (AvgIpc) is 2.48. The predicted molar refractivity (Wildman–Crippen MR) is 63.9 cm³/mol. The Balaban J connectivity index is 2.33. The fourth-order valence-corrected chi connectivity index (χ4v) is 1.86. The van der Waals surface area contributed by atoms with E-state index in [4.69, 9.17) is 4.74 Å². The molecule has 16 heavy (non-hydrogen) atoms. The molecule has 0 aromatic heterocycles. The summed E-state index contributed by atoms with van der Waals surface area (Å²) < 4.78 is 5.57. The number of rotatable bonds is 3. The number of hydrogen-bond donors (Lipinski definition) is 1. The Bertz CT molecular complexity index is 424. The number of benzene rings is 1. The number of fused-ring (bicyclic) bond motifs is 1. The van der Waals surface area contributed by atoms with E-state index in [9.17, 15) is 4.79 Å². The maximum atomic E-state index is 11.7. The molecular formula is C13H17NO2. The van der Waals surface area contributed by atoms with Gasteiger partial charge in [0.2, 0.25) is 5.91 Å². The second-order valence-electron chi connectivity index (χ2n) is 4.63. The minimum atomic E-state index is -0.457.